The van der Waals surface area contributed by atoms with Gasteiger partial charge in [0.25, 0.3) is 5.92 Å². The largest absolute Gasteiger partial charge is 0.353 e. The molecule has 23 heavy (non-hydrogen) atoms. The summed E-state index contributed by atoms with van der Waals surface area (Å²) in [4.78, 5) is 23.9. The summed E-state index contributed by atoms with van der Waals surface area (Å²) in [5.41, 5.74) is 0. The fraction of sp³-hybridized carbons (Fsp3) is 0.875. The van der Waals surface area contributed by atoms with E-state index in [-0.39, 0.29) is 42.8 Å². The number of carbonyl (C=O) groups excluding carboxylic acids is 2. The zero-order valence-corrected chi connectivity index (χ0v) is 14.0. The first-order valence-corrected chi connectivity index (χ1v) is 8.40. The first kappa shape index (κ1) is 18.1. The van der Waals surface area contributed by atoms with Gasteiger partial charge in [-0.2, -0.15) is 0 Å². The SMILES string of the molecule is CC(C)NC(=O)C(NCC(C)NC(=O)CC1CC1(F)F)C1CC1. The second-order valence-corrected chi connectivity index (χ2v) is 7.22. The van der Waals surface area contributed by atoms with Gasteiger partial charge in [0.2, 0.25) is 11.8 Å². The molecule has 2 rings (SSSR count). The van der Waals surface area contributed by atoms with Gasteiger partial charge in [-0.3, -0.25) is 9.59 Å². The lowest BCUT2D eigenvalue weighted by Gasteiger charge is -2.22. The summed E-state index contributed by atoms with van der Waals surface area (Å²) in [5.74, 6) is -3.49. The van der Waals surface area contributed by atoms with Crippen molar-refractivity contribution >= 4 is 11.8 Å². The second kappa shape index (κ2) is 7.11. The fourth-order valence-electron chi connectivity index (χ4n) is 2.68. The Morgan fingerprint density at radius 2 is 1.78 bits per heavy atom. The number of halogens is 2. The summed E-state index contributed by atoms with van der Waals surface area (Å²) < 4.78 is 25.6. The number of rotatable bonds is 9. The molecule has 2 aliphatic rings. The monoisotopic (exact) mass is 331 g/mol. The summed E-state index contributed by atoms with van der Waals surface area (Å²) in [5, 5.41) is 8.82. The molecule has 7 heteroatoms. The minimum Gasteiger partial charge on any atom is -0.353 e. The predicted molar refractivity (Wildman–Crippen MR) is 83.1 cm³/mol. The Kier molecular flexibility index (Phi) is 5.60. The minimum absolute atomic E-state index is 0.0151. The molecule has 0 aliphatic heterocycles. The van der Waals surface area contributed by atoms with Gasteiger partial charge in [0, 0.05) is 37.4 Å². The molecule has 0 aromatic heterocycles. The van der Waals surface area contributed by atoms with Crippen LogP contribution in [-0.2, 0) is 9.59 Å². The molecule has 3 N–H and O–H groups in total. The topological polar surface area (TPSA) is 70.2 Å². The summed E-state index contributed by atoms with van der Waals surface area (Å²) in [6.45, 7) is 6.08. The molecule has 0 spiro atoms. The number of amides is 2. The third-order valence-electron chi connectivity index (χ3n) is 4.25. The van der Waals surface area contributed by atoms with Gasteiger partial charge in [-0.15, -0.1) is 0 Å². The molecule has 5 nitrogen and oxygen atoms in total. The van der Waals surface area contributed by atoms with E-state index in [0.29, 0.717) is 12.5 Å². The van der Waals surface area contributed by atoms with Crippen molar-refractivity contribution in [1.82, 2.24) is 16.0 Å². The molecular weight excluding hydrogens is 304 g/mol. The van der Waals surface area contributed by atoms with Crippen molar-refractivity contribution in [2.24, 2.45) is 11.8 Å². The van der Waals surface area contributed by atoms with Gasteiger partial charge in [-0.1, -0.05) is 0 Å². The van der Waals surface area contributed by atoms with Crippen LogP contribution in [-0.4, -0.2) is 42.4 Å². The molecule has 0 radical (unpaired) electrons. The van der Waals surface area contributed by atoms with E-state index in [9.17, 15) is 18.4 Å². The van der Waals surface area contributed by atoms with Gasteiger partial charge in [-0.05, 0) is 39.5 Å². The molecule has 132 valence electrons. The highest BCUT2D eigenvalue weighted by Gasteiger charge is 2.57. The van der Waals surface area contributed by atoms with Gasteiger partial charge < -0.3 is 16.0 Å². The summed E-state index contributed by atoms with van der Waals surface area (Å²) >= 11 is 0. The van der Waals surface area contributed by atoms with Crippen LogP contribution >= 0.6 is 0 Å². The lowest BCUT2D eigenvalue weighted by atomic mass is 10.1. The average molecular weight is 331 g/mol. The minimum atomic E-state index is -2.66. The van der Waals surface area contributed by atoms with Crippen molar-refractivity contribution in [3.63, 3.8) is 0 Å². The first-order valence-electron chi connectivity index (χ1n) is 8.40. The third-order valence-corrected chi connectivity index (χ3v) is 4.25. The van der Waals surface area contributed by atoms with E-state index >= 15 is 0 Å². The van der Waals surface area contributed by atoms with Crippen LogP contribution in [0.15, 0.2) is 0 Å². The molecule has 3 unspecified atom stereocenters. The Balaban J connectivity index is 1.70. The highest BCUT2D eigenvalue weighted by atomic mass is 19.3. The van der Waals surface area contributed by atoms with Crippen molar-refractivity contribution in [2.75, 3.05) is 6.54 Å². The van der Waals surface area contributed by atoms with Gasteiger partial charge in [-0.25, -0.2) is 8.78 Å². The first-order chi connectivity index (χ1) is 10.7. The molecule has 2 amide bonds. The number of alkyl halides is 2. The van der Waals surface area contributed by atoms with E-state index in [0.717, 1.165) is 12.8 Å². The van der Waals surface area contributed by atoms with Crippen molar-refractivity contribution in [1.29, 1.82) is 0 Å². The maximum Gasteiger partial charge on any atom is 0.252 e. The molecule has 0 heterocycles. The zero-order valence-electron chi connectivity index (χ0n) is 14.0. The van der Waals surface area contributed by atoms with Crippen LogP contribution in [0, 0.1) is 11.8 Å². The lowest BCUT2D eigenvalue weighted by molar-refractivity contribution is -0.124. The molecule has 3 atom stereocenters. The van der Waals surface area contributed by atoms with E-state index < -0.39 is 11.8 Å². The smallest absolute Gasteiger partial charge is 0.252 e. The van der Waals surface area contributed by atoms with Crippen molar-refractivity contribution in [3.8, 4) is 0 Å². The Morgan fingerprint density at radius 1 is 1.17 bits per heavy atom. The number of carbonyl (C=O) groups is 2. The molecule has 0 saturated heterocycles. The van der Waals surface area contributed by atoms with E-state index in [4.69, 9.17) is 0 Å². The fourth-order valence-corrected chi connectivity index (χ4v) is 2.68. The number of hydrogen-bond acceptors (Lipinski definition) is 3. The Bertz CT molecular complexity index is 453. The highest BCUT2D eigenvalue weighted by Crippen LogP contribution is 2.50. The van der Waals surface area contributed by atoms with Crippen LogP contribution in [0.25, 0.3) is 0 Å². The van der Waals surface area contributed by atoms with Crippen LogP contribution in [0.2, 0.25) is 0 Å². The molecule has 2 saturated carbocycles. The summed E-state index contributed by atoms with van der Waals surface area (Å²) in [6, 6.07) is -0.365. The quantitative estimate of drug-likeness (QED) is 0.599. The van der Waals surface area contributed by atoms with Crippen LogP contribution in [0.4, 0.5) is 8.78 Å². The molecular formula is C16H27F2N3O2. The number of hydrogen-bond donors (Lipinski definition) is 3. The summed E-state index contributed by atoms with van der Waals surface area (Å²) in [7, 11) is 0. The van der Waals surface area contributed by atoms with Crippen molar-refractivity contribution in [3.05, 3.63) is 0 Å². The normalized spacial score (nSPS) is 24.9. The summed E-state index contributed by atoms with van der Waals surface area (Å²) in [6.07, 6.45) is 1.74. The molecule has 0 aromatic carbocycles. The molecule has 2 aliphatic carbocycles. The number of nitrogens with one attached hydrogen (secondary N) is 3. The second-order valence-electron chi connectivity index (χ2n) is 7.22. The Labute approximate surface area is 136 Å². The lowest BCUT2D eigenvalue weighted by Crippen LogP contribution is -2.51. The third kappa shape index (κ3) is 5.71. The van der Waals surface area contributed by atoms with Gasteiger partial charge >= 0.3 is 0 Å². The van der Waals surface area contributed by atoms with Crippen molar-refractivity contribution < 1.29 is 18.4 Å². The van der Waals surface area contributed by atoms with E-state index in [1.54, 1.807) is 6.92 Å². The average Bonchev–Trinajstić information content (AvgIpc) is 3.29. The van der Waals surface area contributed by atoms with Gasteiger partial charge in [0.1, 0.15) is 0 Å². The standard InChI is InChI=1S/C16H27F2N3O2/c1-9(2)20-15(23)14(11-4-5-11)19-8-10(3)21-13(22)6-12-7-16(12,17)18/h9-12,14,19H,4-8H2,1-3H3,(H,20,23)(H,21,22). The Morgan fingerprint density at radius 3 is 2.26 bits per heavy atom. The van der Waals surface area contributed by atoms with E-state index in [1.165, 1.54) is 0 Å². The maximum absolute atomic E-state index is 12.8. The van der Waals surface area contributed by atoms with E-state index in [2.05, 4.69) is 16.0 Å². The maximum atomic E-state index is 12.8. The Hall–Kier alpha value is -1.24. The highest BCUT2D eigenvalue weighted by molar-refractivity contribution is 5.82. The van der Waals surface area contributed by atoms with Crippen LogP contribution in [0.1, 0.15) is 46.5 Å². The molecule has 0 aromatic rings. The van der Waals surface area contributed by atoms with E-state index in [1.807, 2.05) is 13.8 Å². The zero-order chi connectivity index (χ0) is 17.2. The van der Waals surface area contributed by atoms with Gasteiger partial charge in [0.05, 0.1) is 6.04 Å². The van der Waals surface area contributed by atoms with Crippen LogP contribution in [0.3, 0.4) is 0 Å². The van der Waals surface area contributed by atoms with Crippen LogP contribution < -0.4 is 16.0 Å². The molecule has 0 bridgehead atoms. The van der Waals surface area contributed by atoms with Crippen molar-refractivity contribution in [2.45, 2.75) is 70.5 Å². The van der Waals surface area contributed by atoms with Gasteiger partial charge in [0.15, 0.2) is 0 Å². The molecule has 2 fully saturated rings. The van der Waals surface area contributed by atoms with Crippen LogP contribution in [0.5, 0.6) is 0 Å². The predicted octanol–water partition coefficient (Wildman–Crippen LogP) is 1.43.